The number of aromatic carboxylic acids is 1. The first kappa shape index (κ1) is 30.2. The van der Waals surface area contributed by atoms with E-state index in [1.165, 1.54) is 6.07 Å². The van der Waals surface area contributed by atoms with Crippen LogP contribution in [-0.4, -0.2) is 68.0 Å². The van der Waals surface area contributed by atoms with E-state index in [4.69, 9.17) is 18.9 Å². The number of carboxylic acids is 1. The Kier molecular flexibility index (Phi) is 11.1. The van der Waals surface area contributed by atoms with Gasteiger partial charge in [0, 0.05) is 13.2 Å². The van der Waals surface area contributed by atoms with E-state index < -0.39 is 40.4 Å². The van der Waals surface area contributed by atoms with Gasteiger partial charge >= 0.3 is 11.9 Å². The van der Waals surface area contributed by atoms with Crippen LogP contribution < -0.4 is 4.74 Å². The zero-order chi connectivity index (χ0) is 27.6. The first-order chi connectivity index (χ1) is 17.4. The number of carboxylic acid groups (broad SMARTS) is 1. The predicted molar refractivity (Wildman–Crippen MR) is 136 cm³/mol. The molecule has 0 aliphatic rings. The molecule has 2 aromatic carbocycles. The van der Waals surface area contributed by atoms with Gasteiger partial charge < -0.3 is 24.1 Å². The average Bonchev–Trinajstić information content (AvgIpc) is 2.81. The van der Waals surface area contributed by atoms with Crippen LogP contribution in [0.5, 0.6) is 5.75 Å². The molecule has 0 aliphatic heterocycles. The number of ether oxygens (including phenoxy) is 4. The van der Waals surface area contributed by atoms with Gasteiger partial charge in [-0.3, -0.25) is 4.79 Å². The number of benzene rings is 2. The molecule has 0 saturated heterocycles. The van der Waals surface area contributed by atoms with Crippen LogP contribution in [0.3, 0.4) is 0 Å². The molecule has 1 N–H and O–H groups in total. The Morgan fingerprint density at radius 3 is 2.16 bits per heavy atom. The van der Waals surface area contributed by atoms with Gasteiger partial charge in [-0.15, -0.1) is 0 Å². The van der Waals surface area contributed by atoms with E-state index >= 15 is 0 Å². The summed E-state index contributed by atoms with van der Waals surface area (Å²) in [4.78, 5) is 23.9. The maximum atomic E-state index is 13.9. The highest BCUT2D eigenvalue weighted by Crippen LogP contribution is 2.30. The van der Waals surface area contributed by atoms with Gasteiger partial charge in [0.15, 0.2) is 6.29 Å². The fourth-order valence-electron chi connectivity index (χ4n) is 3.30. The summed E-state index contributed by atoms with van der Waals surface area (Å²) >= 11 is 0. The molecule has 204 valence electrons. The van der Waals surface area contributed by atoms with Gasteiger partial charge in [0.25, 0.3) is 0 Å². The van der Waals surface area contributed by atoms with E-state index in [0.717, 1.165) is 22.0 Å². The summed E-state index contributed by atoms with van der Waals surface area (Å²) in [6.45, 7) is 8.08. The summed E-state index contributed by atoms with van der Waals surface area (Å²) in [5.74, 6) is -2.18. The minimum Gasteiger partial charge on any atom is -0.487 e. The van der Waals surface area contributed by atoms with Crippen molar-refractivity contribution in [3.8, 4) is 5.75 Å². The number of hydrogen-bond donors (Lipinski definition) is 1. The number of esters is 1. The summed E-state index contributed by atoms with van der Waals surface area (Å²) in [6.07, 6.45) is -0.945. The SMILES string of the molecule is CCOC(CN(CC(=O)OC(C)(C)C)S(=O)(=O)c1ccc(C(=O)O)cc1OCc1ccccc1)OCC. The van der Waals surface area contributed by atoms with Crippen molar-refractivity contribution in [2.24, 2.45) is 0 Å². The fraction of sp³-hybridized carbons (Fsp3) is 0.462. The second-order valence-electron chi connectivity index (χ2n) is 8.97. The third-order valence-electron chi connectivity index (χ3n) is 4.83. The average molecular weight is 538 g/mol. The molecule has 0 unspecified atom stereocenters. The molecule has 0 amide bonds. The monoisotopic (exact) mass is 537 g/mol. The van der Waals surface area contributed by atoms with Gasteiger partial charge in [-0.25, -0.2) is 13.2 Å². The van der Waals surface area contributed by atoms with Crippen LogP contribution in [0.1, 0.15) is 50.5 Å². The molecular weight excluding hydrogens is 502 g/mol. The molecular formula is C26H35NO9S. The molecule has 0 aromatic heterocycles. The van der Waals surface area contributed by atoms with Gasteiger partial charge in [0.05, 0.1) is 12.1 Å². The Morgan fingerprint density at radius 2 is 1.62 bits per heavy atom. The van der Waals surface area contributed by atoms with Crippen molar-refractivity contribution in [1.29, 1.82) is 0 Å². The number of sulfonamides is 1. The minimum absolute atomic E-state index is 0.000977. The molecule has 0 spiro atoms. The zero-order valence-electron chi connectivity index (χ0n) is 21.8. The first-order valence-electron chi connectivity index (χ1n) is 11.9. The van der Waals surface area contributed by atoms with E-state index in [1.54, 1.807) is 58.9 Å². The van der Waals surface area contributed by atoms with E-state index in [9.17, 15) is 23.1 Å². The van der Waals surface area contributed by atoms with Crippen molar-refractivity contribution in [3.05, 3.63) is 59.7 Å². The molecule has 10 nitrogen and oxygen atoms in total. The minimum atomic E-state index is -4.41. The van der Waals surface area contributed by atoms with Crippen LogP contribution >= 0.6 is 0 Å². The quantitative estimate of drug-likeness (QED) is 0.283. The molecule has 0 saturated carbocycles. The summed E-state index contributed by atoms with van der Waals surface area (Å²) in [6, 6.07) is 12.5. The molecule has 0 heterocycles. The Bertz CT molecular complexity index is 1140. The maximum absolute atomic E-state index is 13.9. The van der Waals surface area contributed by atoms with Crippen LogP contribution in [0.15, 0.2) is 53.4 Å². The van der Waals surface area contributed by atoms with E-state index in [2.05, 4.69) is 0 Å². The van der Waals surface area contributed by atoms with E-state index in [1.807, 2.05) is 6.07 Å². The lowest BCUT2D eigenvalue weighted by Crippen LogP contribution is -2.44. The van der Waals surface area contributed by atoms with Crippen LogP contribution in [0.25, 0.3) is 0 Å². The molecule has 11 heteroatoms. The normalized spacial score (nSPS) is 12.1. The van der Waals surface area contributed by atoms with Crippen molar-refractivity contribution in [3.63, 3.8) is 0 Å². The molecule has 0 fully saturated rings. The van der Waals surface area contributed by atoms with Crippen molar-refractivity contribution >= 4 is 22.0 Å². The molecule has 0 aliphatic carbocycles. The highest BCUT2D eigenvalue weighted by molar-refractivity contribution is 7.89. The van der Waals surface area contributed by atoms with E-state index in [0.29, 0.717) is 0 Å². The Labute approximate surface area is 218 Å². The number of carbonyl (C=O) groups excluding carboxylic acids is 1. The highest BCUT2D eigenvalue weighted by atomic mass is 32.2. The summed E-state index contributed by atoms with van der Waals surface area (Å²) in [5, 5.41) is 9.45. The summed E-state index contributed by atoms with van der Waals surface area (Å²) < 4.78 is 50.8. The molecule has 2 rings (SSSR count). The van der Waals surface area contributed by atoms with Crippen LogP contribution in [-0.2, 0) is 35.6 Å². The number of rotatable bonds is 14. The predicted octanol–water partition coefficient (Wildman–Crippen LogP) is 3.70. The van der Waals surface area contributed by atoms with Crippen molar-refractivity contribution < 1.29 is 42.1 Å². The van der Waals surface area contributed by atoms with Gasteiger partial charge in [0.2, 0.25) is 10.0 Å². The van der Waals surface area contributed by atoms with Crippen LogP contribution in [0, 0.1) is 0 Å². The molecule has 37 heavy (non-hydrogen) atoms. The standard InChI is InChI=1S/C26H35NO9S/c1-6-33-24(34-7-2)17-27(16-23(28)36-26(3,4)5)37(31,32)22-14-13-20(25(29)30)15-21(22)35-18-19-11-9-8-10-12-19/h8-15,24H,6-7,16-18H2,1-5H3,(H,29,30). The molecule has 0 radical (unpaired) electrons. The number of nitrogens with zero attached hydrogens (tertiary/aromatic N) is 1. The Morgan fingerprint density at radius 1 is 1.00 bits per heavy atom. The summed E-state index contributed by atoms with van der Waals surface area (Å²) in [5.41, 5.74) is -0.231. The molecule has 0 bridgehead atoms. The third-order valence-corrected chi connectivity index (χ3v) is 6.68. The first-order valence-corrected chi connectivity index (χ1v) is 13.3. The van der Waals surface area contributed by atoms with Crippen molar-refractivity contribution in [1.82, 2.24) is 4.31 Å². The highest BCUT2D eigenvalue weighted by Gasteiger charge is 2.34. The van der Waals surface area contributed by atoms with E-state index in [-0.39, 0.29) is 42.6 Å². The number of hydrogen-bond acceptors (Lipinski definition) is 8. The van der Waals surface area contributed by atoms with Gasteiger partial charge in [-0.1, -0.05) is 30.3 Å². The van der Waals surface area contributed by atoms with Crippen LogP contribution in [0.2, 0.25) is 0 Å². The smallest absolute Gasteiger partial charge is 0.335 e. The maximum Gasteiger partial charge on any atom is 0.335 e. The van der Waals surface area contributed by atoms with Gasteiger partial charge in [0.1, 0.15) is 29.4 Å². The lowest BCUT2D eigenvalue weighted by molar-refractivity contribution is -0.158. The van der Waals surface area contributed by atoms with Crippen molar-refractivity contribution in [2.75, 3.05) is 26.3 Å². The zero-order valence-corrected chi connectivity index (χ0v) is 22.6. The van der Waals surface area contributed by atoms with Crippen molar-refractivity contribution in [2.45, 2.75) is 58.0 Å². The fourth-order valence-corrected chi connectivity index (χ4v) is 4.78. The Balaban J connectivity index is 2.51. The van der Waals surface area contributed by atoms with Gasteiger partial charge in [-0.05, 0) is 58.4 Å². The molecule has 0 atom stereocenters. The summed E-state index contributed by atoms with van der Waals surface area (Å²) in [7, 11) is -4.41. The third kappa shape index (κ3) is 9.43. The largest absolute Gasteiger partial charge is 0.487 e. The Hall–Kier alpha value is -2.99. The van der Waals surface area contributed by atoms with Gasteiger partial charge in [-0.2, -0.15) is 4.31 Å². The second kappa shape index (κ2) is 13.5. The van der Waals surface area contributed by atoms with Crippen LogP contribution in [0.4, 0.5) is 0 Å². The lowest BCUT2D eigenvalue weighted by atomic mass is 10.2. The second-order valence-corrected chi connectivity index (χ2v) is 10.9. The molecule has 2 aromatic rings. The lowest BCUT2D eigenvalue weighted by Gasteiger charge is -2.28. The topological polar surface area (TPSA) is 129 Å². The number of carbonyl (C=O) groups is 2.